The summed E-state index contributed by atoms with van der Waals surface area (Å²) in [5.41, 5.74) is 5.54. The Morgan fingerprint density at radius 3 is 2.41 bits per heavy atom. The molecule has 9 nitrogen and oxygen atoms in total. The van der Waals surface area contributed by atoms with E-state index in [4.69, 9.17) is 14.8 Å². The van der Waals surface area contributed by atoms with Gasteiger partial charge in [-0.2, -0.15) is 10.2 Å². The summed E-state index contributed by atoms with van der Waals surface area (Å²) in [5, 5.41) is 11.9. The van der Waals surface area contributed by atoms with Gasteiger partial charge in [-0.3, -0.25) is 4.68 Å². The van der Waals surface area contributed by atoms with E-state index in [9.17, 15) is 4.79 Å². The van der Waals surface area contributed by atoms with Crippen molar-refractivity contribution >= 4 is 33.7 Å². The molecule has 6 rings (SSSR count). The topological polar surface area (TPSA) is 81.3 Å². The first-order valence-electron chi connectivity index (χ1n) is 13.3. The van der Waals surface area contributed by atoms with Gasteiger partial charge in [-0.15, -0.1) is 0 Å². The van der Waals surface area contributed by atoms with Crippen LogP contribution in [0.4, 0.5) is 10.6 Å². The number of anilines is 1. The van der Waals surface area contributed by atoms with Gasteiger partial charge in [0.25, 0.3) is 0 Å². The van der Waals surface area contributed by atoms with Gasteiger partial charge in [-0.1, -0.05) is 30.3 Å². The largest absolute Gasteiger partial charge is 0.444 e. The van der Waals surface area contributed by atoms with E-state index in [0.717, 1.165) is 50.1 Å². The maximum absolute atomic E-state index is 12.4. The van der Waals surface area contributed by atoms with Gasteiger partial charge in [0.1, 0.15) is 17.1 Å². The number of hydrogen-bond donors (Lipinski definition) is 0. The van der Waals surface area contributed by atoms with Crippen LogP contribution in [0.1, 0.15) is 26.3 Å². The number of ether oxygens (including phenoxy) is 1. The summed E-state index contributed by atoms with van der Waals surface area (Å²) in [7, 11) is 1.94. The first kappa shape index (κ1) is 24.9. The highest BCUT2D eigenvalue weighted by atomic mass is 16.6. The van der Waals surface area contributed by atoms with E-state index in [-0.39, 0.29) is 6.09 Å². The molecule has 3 aromatic heterocycles. The van der Waals surface area contributed by atoms with Gasteiger partial charge >= 0.3 is 6.09 Å². The molecule has 39 heavy (non-hydrogen) atoms. The normalized spacial score (nSPS) is 14.4. The quantitative estimate of drug-likeness (QED) is 0.318. The second kappa shape index (κ2) is 9.41. The number of pyridine rings is 1. The predicted molar refractivity (Wildman–Crippen MR) is 153 cm³/mol. The molecule has 1 aliphatic heterocycles. The van der Waals surface area contributed by atoms with Crippen molar-refractivity contribution in [3.8, 4) is 16.9 Å². The second-order valence-corrected chi connectivity index (χ2v) is 11.1. The Balaban J connectivity index is 1.29. The van der Waals surface area contributed by atoms with Crippen LogP contribution in [-0.4, -0.2) is 67.3 Å². The van der Waals surface area contributed by atoms with E-state index < -0.39 is 5.60 Å². The smallest absolute Gasteiger partial charge is 0.410 e. The van der Waals surface area contributed by atoms with E-state index in [1.807, 2.05) is 67.8 Å². The molecule has 0 radical (unpaired) electrons. The first-order chi connectivity index (χ1) is 18.7. The third-order valence-corrected chi connectivity index (χ3v) is 7.06. The van der Waals surface area contributed by atoms with E-state index in [0.29, 0.717) is 26.2 Å². The van der Waals surface area contributed by atoms with Crippen LogP contribution in [0.5, 0.6) is 0 Å². The average molecular weight is 524 g/mol. The summed E-state index contributed by atoms with van der Waals surface area (Å²) in [5.74, 6) is 0.885. The van der Waals surface area contributed by atoms with Gasteiger partial charge in [-0.25, -0.2) is 14.5 Å². The van der Waals surface area contributed by atoms with Crippen molar-refractivity contribution in [1.82, 2.24) is 29.4 Å². The zero-order valence-corrected chi connectivity index (χ0v) is 23.0. The number of hydrogen-bond acceptors (Lipinski definition) is 6. The Morgan fingerprint density at radius 2 is 1.69 bits per heavy atom. The highest BCUT2D eigenvalue weighted by Gasteiger charge is 2.26. The highest BCUT2D eigenvalue weighted by molar-refractivity contribution is 6.03. The molecule has 0 bridgehead atoms. The molecule has 2 aromatic carbocycles. The Hall–Kier alpha value is -4.40. The summed E-state index contributed by atoms with van der Waals surface area (Å²) >= 11 is 0. The number of carbonyl (C=O) groups is 1. The molecule has 0 saturated carbocycles. The number of aromatic nitrogens is 5. The number of benzene rings is 2. The molecule has 1 amide bonds. The third kappa shape index (κ3) is 4.69. The molecule has 4 heterocycles. The van der Waals surface area contributed by atoms with Gasteiger partial charge in [0, 0.05) is 55.8 Å². The monoisotopic (exact) mass is 523 g/mol. The minimum absolute atomic E-state index is 0.260. The Morgan fingerprint density at radius 1 is 0.923 bits per heavy atom. The van der Waals surface area contributed by atoms with Crippen molar-refractivity contribution in [1.29, 1.82) is 0 Å². The average Bonchev–Trinajstić information content (AvgIpc) is 3.49. The maximum atomic E-state index is 12.4. The fourth-order valence-electron chi connectivity index (χ4n) is 5.22. The van der Waals surface area contributed by atoms with Crippen LogP contribution in [0.3, 0.4) is 0 Å². The fourth-order valence-corrected chi connectivity index (χ4v) is 5.22. The molecule has 200 valence electrons. The van der Waals surface area contributed by atoms with Crippen molar-refractivity contribution in [2.75, 3.05) is 31.1 Å². The molecule has 1 saturated heterocycles. The minimum atomic E-state index is -0.495. The molecule has 9 heteroatoms. The van der Waals surface area contributed by atoms with Gasteiger partial charge in [0.2, 0.25) is 0 Å². The molecule has 0 unspecified atom stereocenters. The SMILES string of the molecule is Cc1cccc2c(-c3cccc4nn(C)cc34)nn(-c3ccc(N4CCN(C(=O)OC(C)(C)C)CC4)nc3)c12. The van der Waals surface area contributed by atoms with Gasteiger partial charge < -0.3 is 14.5 Å². The van der Waals surface area contributed by atoms with Crippen molar-refractivity contribution in [3.63, 3.8) is 0 Å². The van der Waals surface area contributed by atoms with Crippen molar-refractivity contribution < 1.29 is 9.53 Å². The number of piperazine rings is 1. The Labute approximate surface area is 227 Å². The van der Waals surface area contributed by atoms with Crippen LogP contribution in [0.25, 0.3) is 38.8 Å². The Bertz CT molecular complexity index is 1670. The predicted octanol–water partition coefficient (Wildman–Crippen LogP) is 5.34. The summed E-state index contributed by atoms with van der Waals surface area (Å²) in [6.45, 7) is 10.4. The van der Waals surface area contributed by atoms with E-state index in [2.05, 4.69) is 47.3 Å². The number of para-hydroxylation sites is 1. The lowest BCUT2D eigenvalue weighted by atomic mass is 10.0. The van der Waals surface area contributed by atoms with E-state index in [1.165, 1.54) is 0 Å². The molecule has 0 spiro atoms. The summed E-state index contributed by atoms with van der Waals surface area (Å²) in [4.78, 5) is 21.2. The maximum Gasteiger partial charge on any atom is 0.410 e. The van der Waals surface area contributed by atoms with Crippen LogP contribution in [-0.2, 0) is 11.8 Å². The number of rotatable bonds is 3. The first-order valence-corrected chi connectivity index (χ1v) is 13.3. The van der Waals surface area contributed by atoms with Crippen molar-refractivity contribution in [2.24, 2.45) is 7.05 Å². The summed E-state index contributed by atoms with van der Waals surface area (Å²) in [6, 6.07) is 16.6. The molecular formula is C30H33N7O2. The summed E-state index contributed by atoms with van der Waals surface area (Å²) in [6.07, 6.45) is 3.66. The van der Waals surface area contributed by atoms with Crippen molar-refractivity contribution in [3.05, 3.63) is 66.5 Å². The van der Waals surface area contributed by atoms with Gasteiger partial charge in [0.05, 0.1) is 22.9 Å². The molecule has 5 aromatic rings. The number of carbonyl (C=O) groups excluding carboxylic acids is 1. The number of amides is 1. The molecule has 1 aliphatic rings. The van der Waals surface area contributed by atoms with Gasteiger partial charge in [0.15, 0.2) is 0 Å². The number of nitrogens with zero attached hydrogens (tertiary/aromatic N) is 7. The fraction of sp³-hybridized carbons (Fsp3) is 0.333. The lowest BCUT2D eigenvalue weighted by Crippen LogP contribution is -2.50. The number of fused-ring (bicyclic) bond motifs is 2. The number of aryl methyl sites for hydroxylation is 2. The zero-order chi connectivity index (χ0) is 27.3. The Kier molecular flexibility index (Phi) is 6.01. The van der Waals surface area contributed by atoms with E-state index in [1.54, 1.807) is 4.90 Å². The van der Waals surface area contributed by atoms with Gasteiger partial charge in [-0.05, 0) is 51.5 Å². The second-order valence-electron chi connectivity index (χ2n) is 11.1. The van der Waals surface area contributed by atoms with Crippen LogP contribution in [0.15, 0.2) is 60.9 Å². The van der Waals surface area contributed by atoms with Crippen molar-refractivity contribution in [2.45, 2.75) is 33.3 Å². The van der Waals surface area contributed by atoms with Crippen LogP contribution in [0.2, 0.25) is 0 Å². The molecule has 0 aliphatic carbocycles. The molecule has 0 N–H and O–H groups in total. The highest BCUT2D eigenvalue weighted by Crippen LogP contribution is 2.35. The lowest BCUT2D eigenvalue weighted by Gasteiger charge is -2.36. The molecule has 1 fully saturated rings. The van der Waals surface area contributed by atoms with Crippen LogP contribution in [0, 0.1) is 6.92 Å². The van der Waals surface area contributed by atoms with Crippen LogP contribution < -0.4 is 4.90 Å². The summed E-state index contributed by atoms with van der Waals surface area (Å²) < 4.78 is 9.36. The van der Waals surface area contributed by atoms with Crippen LogP contribution >= 0.6 is 0 Å². The van der Waals surface area contributed by atoms with E-state index >= 15 is 0 Å². The zero-order valence-electron chi connectivity index (χ0n) is 23.0. The molecular weight excluding hydrogens is 490 g/mol. The minimum Gasteiger partial charge on any atom is -0.444 e. The molecule has 0 atom stereocenters. The third-order valence-electron chi connectivity index (χ3n) is 7.06. The lowest BCUT2D eigenvalue weighted by molar-refractivity contribution is 0.0240. The standard InChI is InChI=1S/C30H33N7O2/c1-20-8-6-10-23-27(22-9-7-11-25-24(22)19-34(5)32-25)33-37(28(20)23)21-12-13-26(31-18-21)35-14-16-36(17-15-35)29(38)39-30(2,3)4/h6-13,18-19H,14-17H2,1-5H3.